The monoisotopic (exact) mass is 469 g/mol. The van der Waals surface area contributed by atoms with Gasteiger partial charge in [0.05, 0.1) is 23.8 Å². The molecule has 0 spiro atoms. The Morgan fingerprint density at radius 3 is 2.53 bits per heavy atom. The van der Waals surface area contributed by atoms with E-state index in [1.165, 1.54) is 12.1 Å². The van der Waals surface area contributed by atoms with Crippen LogP contribution in [0.4, 0.5) is 4.39 Å². The number of aromatic nitrogens is 2. The lowest BCUT2D eigenvalue weighted by atomic mass is 9.92. The first-order valence-electron chi connectivity index (χ1n) is 11.9. The second-order valence-electron chi connectivity index (χ2n) is 9.20. The third kappa shape index (κ3) is 4.34. The summed E-state index contributed by atoms with van der Waals surface area (Å²) in [6, 6.07) is 7.29. The van der Waals surface area contributed by atoms with E-state index in [0.29, 0.717) is 35.9 Å². The molecule has 0 aliphatic heterocycles. The van der Waals surface area contributed by atoms with E-state index in [1.807, 2.05) is 26.8 Å². The van der Waals surface area contributed by atoms with Gasteiger partial charge < -0.3 is 19.7 Å². The van der Waals surface area contributed by atoms with Gasteiger partial charge in [0.25, 0.3) is 11.5 Å². The van der Waals surface area contributed by atoms with E-state index >= 15 is 0 Å². The number of pyridine rings is 1. The van der Waals surface area contributed by atoms with Crippen LogP contribution in [0.3, 0.4) is 0 Å². The fourth-order valence-corrected chi connectivity index (χ4v) is 4.77. The molecule has 1 aromatic carbocycles. The zero-order valence-corrected chi connectivity index (χ0v) is 20.1. The summed E-state index contributed by atoms with van der Waals surface area (Å²) in [5, 5.41) is 13.6. The number of fused-ring (bicyclic) bond motifs is 1. The van der Waals surface area contributed by atoms with Gasteiger partial charge in [0.1, 0.15) is 11.2 Å². The van der Waals surface area contributed by atoms with Crippen molar-refractivity contribution in [2.75, 3.05) is 0 Å². The number of hydrogen-bond acceptors (Lipinski definition) is 4. The van der Waals surface area contributed by atoms with Gasteiger partial charge in [-0.3, -0.25) is 14.2 Å². The SMILES string of the molecule is CCc1cc2c(c(OC(C)C)c(C(=O)NC3CCCCC3O)n2C)c(=O)n1-c1ccc(F)cc1. The second kappa shape index (κ2) is 9.62. The summed E-state index contributed by atoms with van der Waals surface area (Å²) in [4.78, 5) is 27.3. The zero-order chi connectivity index (χ0) is 24.6. The number of amides is 1. The van der Waals surface area contributed by atoms with Crippen LogP contribution in [-0.4, -0.2) is 38.4 Å². The molecule has 7 nitrogen and oxygen atoms in total. The van der Waals surface area contributed by atoms with Crippen molar-refractivity contribution in [3.63, 3.8) is 0 Å². The minimum absolute atomic E-state index is 0.221. The van der Waals surface area contributed by atoms with Crippen LogP contribution in [0.5, 0.6) is 5.75 Å². The number of rotatable bonds is 6. The summed E-state index contributed by atoms with van der Waals surface area (Å²) in [5.74, 6) is -0.548. The van der Waals surface area contributed by atoms with Crippen molar-refractivity contribution >= 4 is 16.8 Å². The highest BCUT2D eigenvalue weighted by molar-refractivity contribution is 6.04. The van der Waals surface area contributed by atoms with Crippen molar-refractivity contribution in [3.8, 4) is 11.4 Å². The molecule has 0 bridgehead atoms. The van der Waals surface area contributed by atoms with Crippen LogP contribution in [-0.2, 0) is 13.5 Å². The lowest BCUT2D eigenvalue weighted by molar-refractivity contribution is 0.0708. The minimum atomic E-state index is -0.593. The fourth-order valence-electron chi connectivity index (χ4n) is 4.77. The average molecular weight is 470 g/mol. The van der Waals surface area contributed by atoms with E-state index in [-0.39, 0.29) is 40.9 Å². The number of aliphatic hydroxyl groups excluding tert-OH is 1. The Bertz CT molecular complexity index is 1260. The predicted octanol–water partition coefficient (Wildman–Crippen LogP) is 3.85. The summed E-state index contributed by atoms with van der Waals surface area (Å²) in [6.45, 7) is 5.61. The molecule has 3 aromatic rings. The molecule has 182 valence electrons. The van der Waals surface area contributed by atoms with Crippen LogP contribution in [0.1, 0.15) is 62.6 Å². The maximum atomic E-state index is 13.8. The Balaban J connectivity index is 1.92. The molecule has 1 fully saturated rings. The van der Waals surface area contributed by atoms with Gasteiger partial charge in [0, 0.05) is 18.4 Å². The largest absolute Gasteiger partial charge is 0.488 e. The highest BCUT2D eigenvalue weighted by Gasteiger charge is 2.31. The summed E-state index contributed by atoms with van der Waals surface area (Å²) in [5.41, 5.74) is 1.78. The molecular weight excluding hydrogens is 437 g/mol. The van der Waals surface area contributed by atoms with E-state index in [9.17, 15) is 19.1 Å². The van der Waals surface area contributed by atoms with Crippen molar-refractivity contribution < 1.29 is 19.0 Å². The van der Waals surface area contributed by atoms with E-state index in [4.69, 9.17) is 4.74 Å². The van der Waals surface area contributed by atoms with Crippen molar-refractivity contribution in [2.24, 2.45) is 7.05 Å². The first-order chi connectivity index (χ1) is 16.2. The van der Waals surface area contributed by atoms with E-state index in [2.05, 4.69) is 5.32 Å². The lowest BCUT2D eigenvalue weighted by Gasteiger charge is -2.28. The molecule has 0 saturated heterocycles. The maximum Gasteiger partial charge on any atom is 0.272 e. The van der Waals surface area contributed by atoms with Crippen molar-refractivity contribution in [3.05, 3.63) is 57.9 Å². The Labute approximate surface area is 198 Å². The third-order valence-electron chi connectivity index (χ3n) is 6.46. The molecule has 2 N–H and O–H groups in total. The predicted molar refractivity (Wildman–Crippen MR) is 129 cm³/mol. The number of halogens is 1. The van der Waals surface area contributed by atoms with Gasteiger partial charge in [-0.1, -0.05) is 19.8 Å². The first kappa shape index (κ1) is 24.0. The Morgan fingerprint density at radius 2 is 1.91 bits per heavy atom. The van der Waals surface area contributed by atoms with Gasteiger partial charge in [-0.25, -0.2) is 4.39 Å². The number of hydrogen-bond donors (Lipinski definition) is 2. The number of carbonyl (C=O) groups is 1. The number of ether oxygens (including phenoxy) is 1. The lowest BCUT2D eigenvalue weighted by Crippen LogP contribution is -2.45. The maximum absolute atomic E-state index is 13.8. The Kier molecular flexibility index (Phi) is 6.79. The van der Waals surface area contributed by atoms with Crippen LogP contribution in [0, 0.1) is 5.82 Å². The molecule has 0 radical (unpaired) electrons. The summed E-state index contributed by atoms with van der Waals surface area (Å²) < 4.78 is 22.8. The van der Waals surface area contributed by atoms with E-state index < -0.39 is 6.10 Å². The number of aliphatic hydroxyl groups is 1. The number of nitrogens with zero attached hydrogens (tertiary/aromatic N) is 2. The molecule has 1 aliphatic carbocycles. The van der Waals surface area contributed by atoms with Gasteiger partial charge in [0.2, 0.25) is 0 Å². The topological polar surface area (TPSA) is 85.5 Å². The van der Waals surface area contributed by atoms with E-state index in [0.717, 1.165) is 18.5 Å². The Hall–Kier alpha value is -3.13. The summed E-state index contributed by atoms with van der Waals surface area (Å²) >= 11 is 0. The van der Waals surface area contributed by atoms with Gasteiger partial charge in [-0.2, -0.15) is 0 Å². The molecule has 2 unspecified atom stereocenters. The van der Waals surface area contributed by atoms with Crippen molar-refractivity contribution in [1.82, 2.24) is 14.5 Å². The molecule has 4 rings (SSSR count). The van der Waals surface area contributed by atoms with E-state index in [1.54, 1.807) is 28.3 Å². The fraction of sp³-hybridized carbons (Fsp3) is 0.462. The smallest absolute Gasteiger partial charge is 0.272 e. The number of aryl methyl sites for hydroxylation is 2. The Morgan fingerprint density at radius 1 is 1.24 bits per heavy atom. The number of carbonyl (C=O) groups excluding carboxylic acids is 1. The molecule has 2 atom stereocenters. The first-order valence-corrected chi connectivity index (χ1v) is 11.9. The van der Waals surface area contributed by atoms with Crippen LogP contribution in [0.15, 0.2) is 35.1 Å². The summed E-state index contributed by atoms with van der Waals surface area (Å²) in [7, 11) is 1.74. The summed E-state index contributed by atoms with van der Waals surface area (Å²) in [6.07, 6.45) is 2.92. The molecule has 2 heterocycles. The quantitative estimate of drug-likeness (QED) is 0.574. The third-order valence-corrected chi connectivity index (χ3v) is 6.46. The van der Waals surface area contributed by atoms with Crippen LogP contribution in [0.2, 0.25) is 0 Å². The highest BCUT2D eigenvalue weighted by Crippen LogP contribution is 2.33. The van der Waals surface area contributed by atoms with Crippen molar-refractivity contribution in [2.45, 2.75) is 71.1 Å². The second-order valence-corrected chi connectivity index (χ2v) is 9.20. The normalized spacial score (nSPS) is 18.4. The van der Waals surface area contributed by atoms with Crippen LogP contribution in [0.25, 0.3) is 16.6 Å². The molecule has 34 heavy (non-hydrogen) atoms. The van der Waals surface area contributed by atoms with Crippen LogP contribution < -0.4 is 15.6 Å². The van der Waals surface area contributed by atoms with Gasteiger partial charge in [0.15, 0.2) is 11.4 Å². The van der Waals surface area contributed by atoms with Gasteiger partial charge in [-0.15, -0.1) is 0 Å². The number of nitrogens with one attached hydrogen (secondary N) is 1. The van der Waals surface area contributed by atoms with Crippen LogP contribution >= 0.6 is 0 Å². The zero-order valence-electron chi connectivity index (χ0n) is 20.1. The number of benzene rings is 1. The highest BCUT2D eigenvalue weighted by atomic mass is 19.1. The molecule has 1 amide bonds. The standard InChI is InChI=1S/C26H32FN3O4/c1-5-17-14-20-22(26(33)30(17)18-12-10-16(27)11-13-18)24(34-15(2)3)23(29(20)4)25(32)28-19-8-6-7-9-21(19)31/h10-15,19,21,31H,5-9H2,1-4H3,(H,28,32). The van der Waals surface area contributed by atoms with Crippen molar-refractivity contribution in [1.29, 1.82) is 0 Å². The molecule has 1 aliphatic rings. The molecular formula is C26H32FN3O4. The minimum Gasteiger partial charge on any atom is -0.488 e. The molecule has 1 saturated carbocycles. The van der Waals surface area contributed by atoms with Gasteiger partial charge >= 0.3 is 0 Å². The molecule has 2 aromatic heterocycles. The van der Waals surface area contributed by atoms with Gasteiger partial charge in [-0.05, 0) is 63.4 Å². The molecule has 8 heteroatoms. The average Bonchev–Trinajstić information content (AvgIpc) is 3.07.